The van der Waals surface area contributed by atoms with Gasteiger partial charge >= 0.3 is 31.4 Å². The molecule has 0 saturated heterocycles. The predicted molar refractivity (Wildman–Crippen MR) is 233 cm³/mol. The molecule has 7 aromatic rings. The van der Waals surface area contributed by atoms with Crippen molar-refractivity contribution < 1.29 is 39.3 Å². The second kappa shape index (κ2) is 14.5. The molecule has 0 radical (unpaired) electrons. The number of aromatic nitrogens is 8. The normalized spacial score (nSPS) is 13.1. The fraction of sp³-hybridized carbons (Fsp3) is 0.292. The van der Waals surface area contributed by atoms with E-state index in [2.05, 4.69) is 105 Å². The summed E-state index contributed by atoms with van der Waals surface area (Å²) in [5.74, 6) is -2.29. The molecule has 4 aromatic carbocycles. The first kappa shape index (κ1) is 41.5. The molecule has 9 rings (SSSR count). The molecule has 12 nitrogen and oxygen atoms in total. The van der Waals surface area contributed by atoms with Crippen LogP contribution in [-0.2, 0) is 45.3 Å². The van der Waals surface area contributed by atoms with Gasteiger partial charge in [-0.3, -0.25) is 9.59 Å². The van der Waals surface area contributed by atoms with E-state index in [1.807, 2.05) is 12.1 Å². The fourth-order valence-corrected chi connectivity index (χ4v) is 7.82. The van der Waals surface area contributed by atoms with Crippen LogP contribution in [0.4, 0.5) is 0 Å². The Hall–Kier alpha value is -6.20. The summed E-state index contributed by atoms with van der Waals surface area (Å²) in [4.78, 5) is 64.9. The Morgan fingerprint density at radius 1 is 0.492 bits per heavy atom. The monoisotopic (exact) mass is 860 g/mol. The number of hydrogen-bond donors (Lipinski definition) is 2. The molecule has 0 amide bonds. The first-order valence-corrected chi connectivity index (χ1v) is 20.0. The molecule has 8 bridgehead atoms. The van der Waals surface area contributed by atoms with Gasteiger partial charge in [-0.05, 0) is 84.3 Å². The number of carbonyl (C=O) groups is 2. The molecule has 302 valence electrons. The van der Waals surface area contributed by atoms with E-state index in [9.17, 15) is 19.8 Å². The van der Waals surface area contributed by atoms with Crippen LogP contribution in [0, 0.1) is 0 Å². The smallest absolute Gasteiger partial charge is 0.481 e. The van der Waals surface area contributed by atoms with Crippen LogP contribution < -0.4 is 9.97 Å². The van der Waals surface area contributed by atoms with Crippen molar-refractivity contribution in [1.82, 2.24) is 39.9 Å². The van der Waals surface area contributed by atoms with Crippen molar-refractivity contribution in [3.63, 3.8) is 0 Å². The maximum Gasteiger partial charge on any atom is 2.00 e. The molecule has 2 aliphatic heterocycles. The molecular formula is C48H44N8O4Zn. The summed E-state index contributed by atoms with van der Waals surface area (Å²) < 4.78 is 0. The number of benzene rings is 4. The Bertz CT molecular complexity index is 3170. The molecule has 5 heterocycles. The summed E-state index contributed by atoms with van der Waals surface area (Å²) >= 11 is 0. The number of fused-ring (bicyclic) bond motifs is 20. The summed E-state index contributed by atoms with van der Waals surface area (Å²) in [7, 11) is 0. The van der Waals surface area contributed by atoms with Gasteiger partial charge in [0.05, 0.1) is 35.6 Å². The largest absolute Gasteiger partial charge is 2.00 e. The van der Waals surface area contributed by atoms with Crippen LogP contribution in [0.2, 0.25) is 0 Å². The van der Waals surface area contributed by atoms with Gasteiger partial charge in [0.2, 0.25) is 0 Å². The third-order valence-electron chi connectivity index (χ3n) is 11.4. The van der Waals surface area contributed by atoms with E-state index in [0.29, 0.717) is 56.8 Å². The van der Waals surface area contributed by atoms with Gasteiger partial charge < -0.3 is 40.1 Å². The van der Waals surface area contributed by atoms with Gasteiger partial charge in [-0.25, -0.2) is 9.97 Å². The first-order chi connectivity index (χ1) is 28.2. The van der Waals surface area contributed by atoms with Gasteiger partial charge in [-0.1, -0.05) is 111 Å². The quantitative estimate of drug-likeness (QED) is 0.160. The van der Waals surface area contributed by atoms with Crippen molar-refractivity contribution in [3.05, 3.63) is 95.1 Å². The van der Waals surface area contributed by atoms with Gasteiger partial charge in [0.1, 0.15) is 0 Å². The number of aliphatic carboxylic acids is 2. The van der Waals surface area contributed by atoms with Gasteiger partial charge in [0, 0.05) is 44.8 Å². The van der Waals surface area contributed by atoms with Crippen molar-refractivity contribution in [2.45, 2.75) is 90.9 Å². The van der Waals surface area contributed by atoms with Crippen LogP contribution in [0.15, 0.2) is 72.8 Å². The molecule has 0 spiro atoms. The predicted octanol–water partition coefficient (Wildman–Crippen LogP) is 9.66. The second-order valence-electron chi connectivity index (χ2n) is 18.8. The average molecular weight is 862 g/mol. The van der Waals surface area contributed by atoms with Gasteiger partial charge in [-0.2, -0.15) is 0 Å². The minimum atomic E-state index is -1.30. The molecule has 0 fully saturated rings. The third kappa shape index (κ3) is 7.39. The number of nitrogens with zero attached hydrogens (tertiary/aromatic N) is 8. The minimum Gasteiger partial charge on any atom is -0.481 e. The zero-order valence-electron chi connectivity index (χ0n) is 35.7. The van der Waals surface area contributed by atoms with Crippen molar-refractivity contribution >= 4 is 56.1 Å². The number of rotatable bonds is 4. The van der Waals surface area contributed by atoms with Crippen LogP contribution in [0.25, 0.3) is 89.7 Å². The minimum absolute atomic E-state index is 0. The van der Waals surface area contributed by atoms with E-state index >= 15 is 0 Å². The van der Waals surface area contributed by atoms with E-state index in [1.54, 1.807) is 18.2 Å². The average Bonchev–Trinajstić information content (AvgIpc) is 3.90. The van der Waals surface area contributed by atoms with E-state index in [1.165, 1.54) is 0 Å². The molecule has 1 unspecified atom stereocenters. The molecule has 2 aliphatic rings. The summed E-state index contributed by atoms with van der Waals surface area (Å²) in [6.45, 7) is 19.4. The number of carboxylic acids is 2. The number of hydrogen-bond acceptors (Lipinski definition) is 8. The Morgan fingerprint density at radius 2 is 0.869 bits per heavy atom. The summed E-state index contributed by atoms with van der Waals surface area (Å²) in [5.41, 5.74) is 7.42. The maximum atomic E-state index is 12.4. The van der Waals surface area contributed by atoms with E-state index in [0.717, 1.165) is 49.4 Å². The second-order valence-corrected chi connectivity index (χ2v) is 18.8. The molecule has 61 heavy (non-hydrogen) atoms. The Labute approximate surface area is 365 Å². The zero-order chi connectivity index (χ0) is 42.6. The SMILES string of the molecule is CC(C)(C)c1ccc2c(c1)-c1nc-2nc2[n-]c(nc3nc(nc4[n-]c(n1)c1ccc(C(C)(C)C)cc41)-c1cc(C(CC(=O)O)C(=O)O)ccc1-3)c1cc(C(C)(C)C)ccc21.[Zn+2]. The van der Waals surface area contributed by atoms with E-state index in [-0.39, 0.29) is 41.5 Å². The molecule has 13 heteroatoms. The standard InChI is InChI=1S/C48H46N8O4.Zn/c1-46(2,3)24-11-15-28-33(19-24)42-51-37-27-14-10-23(31(45(59)60)22-36(57)58)18-32(27)41(50-37)56-44-35-21-26(48(7,8)9)13-17-30(35)40(55-44)54-43-34-20-25(47(4,5)6)12-16-29(34)39(53-43)49-38(28)52-42;/h10-21,31H,22H2,1-9H3,(H4,49,50,51,52,53,54,55,56,57,58,59,60);/q;+2/p-2. The van der Waals surface area contributed by atoms with Crippen LogP contribution in [-0.4, -0.2) is 52.1 Å². The van der Waals surface area contributed by atoms with Crippen LogP contribution in [0.1, 0.15) is 96.9 Å². The van der Waals surface area contributed by atoms with Gasteiger partial charge in [0.15, 0.2) is 0 Å². The van der Waals surface area contributed by atoms with Gasteiger partial charge in [0.25, 0.3) is 0 Å². The zero-order valence-corrected chi connectivity index (χ0v) is 38.7. The molecule has 1 atom stereocenters. The van der Waals surface area contributed by atoms with Crippen LogP contribution in [0.3, 0.4) is 0 Å². The van der Waals surface area contributed by atoms with Crippen molar-refractivity contribution in [1.29, 1.82) is 0 Å². The number of carboxylic acid groups (broad SMARTS) is 2. The van der Waals surface area contributed by atoms with Gasteiger partial charge in [-0.15, -0.1) is 0 Å². The molecule has 0 saturated carbocycles. The Balaban J connectivity index is 0.00000514. The van der Waals surface area contributed by atoms with Crippen LogP contribution in [0.5, 0.6) is 0 Å². The van der Waals surface area contributed by atoms with Crippen LogP contribution >= 0.6 is 0 Å². The van der Waals surface area contributed by atoms with Crippen molar-refractivity contribution in [2.24, 2.45) is 0 Å². The maximum absolute atomic E-state index is 12.4. The Kier molecular flexibility index (Phi) is 9.86. The van der Waals surface area contributed by atoms with E-state index < -0.39 is 24.3 Å². The summed E-state index contributed by atoms with van der Waals surface area (Å²) in [6, 6.07) is 23.6. The fourth-order valence-electron chi connectivity index (χ4n) is 7.82. The molecule has 0 aliphatic carbocycles. The van der Waals surface area contributed by atoms with E-state index in [4.69, 9.17) is 39.9 Å². The Morgan fingerprint density at radius 3 is 1.30 bits per heavy atom. The molecule has 3 aromatic heterocycles. The molecule has 2 N–H and O–H groups in total. The van der Waals surface area contributed by atoms with Crippen molar-refractivity contribution in [3.8, 4) is 45.6 Å². The molecular weight excluding hydrogens is 818 g/mol. The first-order valence-electron chi connectivity index (χ1n) is 20.0. The summed E-state index contributed by atoms with van der Waals surface area (Å²) in [6.07, 6.45) is -0.594. The summed E-state index contributed by atoms with van der Waals surface area (Å²) in [5, 5.41) is 22.8. The topological polar surface area (TPSA) is 180 Å². The third-order valence-corrected chi connectivity index (χ3v) is 11.4. The van der Waals surface area contributed by atoms with Crippen molar-refractivity contribution in [2.75, 3.05) is 0 Å².